The molecule has 2 rings (SSSR count). The van der Waals surface area contributed by atoms with Gasteiger partial charge in [-0.05, 0) is 11.5 Å². The van der Waals surface area contributed by atoms with Crippen LogP contribution in [0.5, 0.6) is 0 Å². The van der Waals surface area contributed by atoms with E-state index in [1.807, 2.05) is 44.2 Å². The molecule has 24 heavy (non-hydrogen) atoms. The van der Waals surface area contributed by atoms with Crippen LogP contribution in [0.3, 0.4) is 0 Å². The van der Waals surface area contributed by atoms with E-state index in [4.69, 9.17) is 15.9 Å². The summed E-state index contributed by atoms with van der Waals surface area (Å²) in [4.78, 5) is 28.0. The molecular formula is C17H22N4O3. The second-order valence-corrected chi connectivity index (χ2v) is 5.96. The number of nitrogens with two attached hydrogens (primary N) is 2. The van der Waals surface area contributed by atoms with Crippen LogP contribution in [0.2, 0.25) is 0 Å². The molecule has 2 atom stereocenters. The predicted octanol–water partition coefficient (Wildman–Crippen LogP) is 1.16. The van der Waals surface area contributed by atoms with Gasteiger partial charge in [0.2, 0.25) is 11.8 Å². The fourth-order valence-corrected chi connectivity index (χ4v) is 2.13. The number of oxazole rings is 1. The van der Waals surface area contributed by atoms with Gasteiger partial charge in [-0.3, -0.25) is 9.59 Å². The van der Waals surface area contributed by atoms with Crippen molar-refractivity contribution in [3.05, 3.63) is 53.7 Å². The lowest BCUT2D eigenvalue weighted by molar-refractivity contribution is -0.119. The molecule has 0 radical (unpaired) electrons. The molecule has 2 amide bonds. The number of carbonyl (C=O) groups excluding carboxylic acids is 2. The van der Waals surface area contributed by atoms with E-state index in [1.54, 1.807) is 0 Å². The summed E-state index contributed by atoms with van der Waals surface area (Å²) in [5.74, 6) is -0.736. The molecule has 2 aromatic rings. The summed E-state index contributed by atoms with van der Waals surface area (Å²) >= 11 is 0. The summed E-state index contributed by atoms with van der Waals surface area (Å²) in [7, 11) is 0. The number of carbonyl (C=O) groups is 2. The Morgan fingerprint density at radius 2 is 1.92 bits per heavy atom. The fraction of sp³-hybridized carbons (Fsp3) is 0.353. The monoisotopic (exact) mass is 330 g/mol. The first-order valence-corrected chi connectivity index (χ1v) is 7.73. The van der Waals surface area contributed by atoms with Gasteiger partial charge < -0.3 is 21.2 Å². The Morgan fingerprint density at radius 1 is 1.25 bits per heavy atom. The van der Waals surface area contributed by atoms with Crippen molar-refractivity contribution in [1.29, 1.82) is 0 Å². The molecule has 0 saturated carbocycles. The second kappa shape index (κ2) is 7.74. The van der Waals surface area contributed by atoms with Gasteiger partial charge in [0, 0.05) is 6.42 Å². The van der Waals surface area contributed by atoms with E-state index < -0.39 is 23.9 Å². The lowest BCUT2D eigenvalue weighted by Crippen LogP contribution is -2.46. The molecular weight excluding hydrogens is 308 g/mol. The van der Waals surface area contributed by atoms with Gasteiger partial charge in [0.15, 0.2) is 5.69 Å². The lowest BCUT2D eigenvalue weighted by atomic mass is 10.1. The largest absolute Gasteiger partial charge is 0.446 e. The average molecular weight is 330 g/mol. The average Bonchev–Trinajstić information content (AvgIpc) is 3.04. The predicted molar refractivity (Wildman–Crippen MR) is 88.9 cm³/mol. The summed E-state index contributed by atoms with van der Waals surface area (Å²) in [5.41, 5.74) is 12.3. The number of nitrogens with one attached hydrogen (secondary N) is 1. The highest BCUT2D eigenvalue weighted by molar-refractivity contribution is 5.95. The van der Waals surface area contributed by atoms with Crippen molar-refractivity contribution in [2.45, 2.75) is 32.4 Å². The van der Waals surface area contributed by atoms with Crippen LogP contribution in [0.4, 0.5) is 0 Å². The van der Waals surface area contributed by atoms with Crippen molar-refractivity contribution < 1.29 is 14.0 Å². The standard InChI is InChI=1S/C17H22N4O3/c1-10(2)14(18)17-21-13(9-24-17)16(23)20-12(15(19)22)8-11-6-4-3-5-7-11/h3-7,9-10,12,14H,8,18H2,1-2H3,(H2,19,22)(H,20,23). The third-order valence-corrected chi connectivity index (χ3v) is 3.69. The molecule has 0 aliphatic rings. The van der Waals surface area contributed by atoms with E-state index in [0.29, 0.717) is 6.42 Å². The highest BCUT2D eigenvalue weighted by Crippen LogP contribution is 2.18. The Labute approximate surface area is 140 Å². The maximum absolute atomic E-state index is 12.3. The van der Waals surface area contributed by atoms with Crippen LogP contribution in [-0.4, -0.2) is 22.8 Å². The van der Waals surface area contributed by atoms with Crippen LogP contribution in [0, 0.1) is 5.92 Å². The molecule has 0 aliphatic heterocycles. The smallest absolute Gasteiger partial charge is 0.273 e. The topological polar surface area (TPSA) is 124 Å². The van der Waals surface area contributed by atoms with E-state index in [9.17, 15) is 9.59 Å². The van der Waals surface area contributed by atoms with E-state index in [2.05, 4.69) is 10.3 Å². The summed E-state index contributed by atoms with van der Waals surface area (Å²) in [5, 5.41) is 2.59. The zero-order chi connectivity index (χ0) is 17.7. The second-order valence-electron chi connectivity index (χ2n) is 5.96. The van der Waals surface area contributed by atoms with Crippen molar-refractivity contribution in [2.24, 2.45) is 17.4 Å². The maximum atomic E-state index is 12.3. The molecule has 0 bridgehead atoms. The van der Waals surface area contributed by atoms with E-state index in [0.717, 1.165) is 5.56 Å². The van der Waals surface area contributed by atoms with Crippen molar-refractivity contribution in [3.63, 3.8) is 0 Å². The van der Waals surface area contributed by atoms with Crippen LogP contribution < -0.4 is 16.8 Å². The van der Waals surface area contributed by atoms with Crippen molar-refractivity contribution in [1.82, 2.24) is 10.3 Å². The van der Waals surface area contributed by atoms with Gasteiger partial charge in [-0.2, -0.15) is 0 Å². The third kappa shape index (κ3) is 4.42. The molecule has 5 N–H and O–H groups in total. The molecule has 0 fully saturated rings. The Balaban J connectivity index is 2.07. The highest BCUT2D eigenvalue weighted by atomic mass is 16.3. The number of rotatable bonds is 7. The van der Waals surface area contributed by atoms with Crippen LogP contribution in [0.25, 0.3) is 0 Å². The molecule has 1 heterocycles. The number of primary amides is 1. The zero-order valence-corrected chi connectivity index (χ0v) is 13.7. The first kappa shape index (κ1) is 17.7. The summed E-state index contributed by atoms with van der Waals surface area (Å²) in [6.45, 7) is 3.86. The first-order chi connectivity index (χ1) is 11.4. The SMILES string of the molecule is CC(C)C(N)c1nc(C(=O)NC(Cc2ccccc2)C(N)=O)co1. The minimum absolute atomic E-state index is 0.0698. The van der Waals surface area contributed by atoms with Crippen LogP contribution >= 0.6 is 0 Å². The lowest BCUT2D eigenvalue weighted by Gasteiger charge is -2.14. The number of hydrogen-bond acceptors (Lipinski definition) is 5. The first-order valence-electron chi connectivity index (χ1n) is 7.73. The Kier molecular flexibility index (Phi) is 5.70. The highest BCUT2D eigenvalue weighted by Gasteiger charge is 2.23. The normalized spacial score (nSPS) is 13.5. The Hall–Kier alpha value is -2.67. The van der Waals surface area contributed by atoms with E-state index in [-0.39, 0.29) is 17.5 Å². The van der Waals surface area contributed by atoms with Crippen molar-refractivity contribution in [2.75, 3.05) is 0 Å². The van der Waals surface area contributed by atoms with Crippen molar-refractivity contribution >= 4 is 11.8 Å². The van der Waals surface area contributed by atoms with Crippen molar-refractivity contribution in [3.8, 4) is 0 Å². The molecule has 0 aliphatic carbocycles. The van der Waals surface area contributed by atoms with E-state index >= 15 is 0 Å². The zero-order valence-electron chi connectivity index (χ0n) is 13.7. The molecule has 128 valence electrons. The minimum Gasteiger partial charge on any atom is -0.446 e. The quantitative estimate of drug-likeness (QED) is 0.702. The number of hydrogen-bond donors (Lipinski definition) is 3. The van der Waals surface area contributed by atoms with Gasteiger partial charge >= 0.3 is 0 Å². The fourth-order valence-electron chi connectivity index (χ4n) is 2.13. The number of amides is 2. The summed E-state index contributed by atoms with van der Waals surface area (Å²) in [6.07, 6.45) is 1.53. The van der Waals surface area contributed by atoms with E-state index in [1.165, 1.54) is 6.26 Å². The maximum Gasteiger partial charge on any atom is 0.273 e. The van der Waals surface area contributed by atoms with Crippen LogP contribution in [0.1, 0.15) is 41.8 Å². The van der Waals surface area contributed by atoms with Gasteiger partial charge in [-0.1, -0.05) is 44.2 Å². The van der Waals surface area contributed by atoms with Crippen LogP contribution in [-0.2, 0) is 11.2 Å². The number of nitrogens with zero attached hydrogens (tertiary/aromatic N) is 1. The molecule has 0 spiro atoms. The molecule has 1 aromatic carbocycles. The molecule has 7 heteroatoms. The minimum atomic E-state index is -0.834. The van der Waals surface area contributed by atoms with Gasteiger partial charge in [0.25, 0.3) is 5.91 Å². The Bertz CT molecular complexity index is 697. The Morgan fingerprint density at radius 3 is 2.50 bits per heavy atom. The number of aromatic nitrogens is 1. The van der Waals surface area contributed by atoms with Gasteiger partial charge in [-0.15, -0.1) is 0 Å². The molecule has 2 unspecified atom stereocenters. The van der Waals surface area contributed by atoms with Gasteiger partial charge in [-0.25, -0.2) is 4.98 Å². The van der Waals surface area contributed by atoms with Crippen LogP contribution in [0.15, 0.2) is 41.0 Å². The molecule has 7 nitrogen and oxygen atoms in total. The summed E-state index contributed by atoms with van der Waals surface area (Å²) < 4.78 is 5.26. The third-order valence-electron chi connectivity index (χ3n) is 3.69. The molecule has 1 aromatic heterocycles. The molecule has 0 saturated heterocycles. The summed E-state index contributed by atoms with van der Waals surface area (Å²) in [6, 6.07) is 8.06. The number of benzene rings is 1. The van der Waals surface area contributed by atoms with Gasteiger partial charge in [0.1, 0.15) is 12.3 Å². The van der Waals surface area contributed by atoms with Gasteiger partial charge in [0.05, 0.1) is 6.04 Å².